The van der Waals surface area contributed by atoms with Crippen molar-refractivity contribution in [1.29, 1.82) is 0 Å². The first-order valence-corrected chi connectivity index (χ1v) is 11.8. The highest BCUT2D eigenvalue weighted by molar-refractivity contribution is 7.92. The molecular formula is C23H21Cl2N3O3S. The molecule has 0 saturated heterocycles. The number of benzene rings is 3. The van der Waals surface area contributed by atoms with Crippen molar-refractivity contribution in [2.45, 2.75) is 18.7 Å². The Hall–Kier alpha value is -2.87. The number of carbonyl (C=O) groups is 1. The Kier molecular flexibility index (Phi) is 7.56. The van der Waals surface area contributed by atoms with Gasteiger partial charge in [-0.25, -0.2) is 13.8 Å². The van der Waals surface area contributed by atoms with Crippen LogP contribution in [-0.4, -0.2) is 26.6 Å². The van der Waals surface area contributed by atoms with Gasteiger partial charge in [-0.15, -0.1) is 0 Å². The van der Waals surface area contributed by atoms with Gasteiger partial charge in [-0.2, -0.15) is 5.10 Å². The number of hydrogen-bond acceptors (Lipinski definition) is 4. The average Bonchev–Trinajstić information content (AvgIpc) is 2.76. The first-order chi connectivity index (χ1) is 15.2. The highest BCUT2D eigenvalue weighted by atomic mass is 35.5. The van der Waals surface area contributed by atoms with Gasteiger partial charge in [0.15, 0.2) is 0 Å². The van der Waals surface area contributed by atoms with Gasteiger partial charge in [0, 0.05) is 10.0 Å². The lowest BCUT2D eigenvalue weighted by Gasteiger charge is -2.24. The van der Waals surface area contributed by atoms with Crippen molar-refractivity contribution in [1.82, 2.24) is 5.43 Å². The lowest BCUT2D eigenvalue weighted by molar-refractivity contribution is -0.119. The topological polar surface area (TPSA) is 78.8 Å². The second-order valence-corrected chi connectivity index (χ2v) is 9.79. The Morgan fingerprint density at radius 3 is 2.16 bits per heavy atom. The molecule has 0 spiro atoms. The summed E-state index contributed by atoms with van der Waals surface area (Å²) in [5.74, 6) is -0.618. The Morgan fingerprint density at radius 1 is 0.969 bits per heavy atom. The molecular weight excluding hydrogens is 469 g/mol. The van der Waals surface area contributed by atoms with E-state index in [1.54, 1.807) is 19.1 Å². The van der Waals surface area contributed by atoms with Gasteiger partial charge < -0.3 is 0 Å². The minimum absolute atomic E-state index is 0.0379. The summed E-state index contributed by atoms with van der Waals surface area (Å²) >= 11 is 12.2. The van der Waals surface area contributed by atoms with Gasteiger partial charge in [0.25, 0.3) is 15.9 Å². The van der Waals surface area contributed by atoms with E-state index in [-0.39, 0.29) is 20.6 Å². The fourth-order valence-corrected chi connectivity index (χ4v) is 4.81. The van der Waals surface area contributed by atoms with Crippen LogP contribution in [0.1, 0.15) is 18.1 Å². The van der Waals surface area contributed by atoms with E-state index in [2.05, 4.69) is 10.5 Å². The van der Waals surface area contributed by atoms with Crippen molar-refractivity contribution in [2.75, 3.05) is 10.8 Å². The second-order valence-electron chi connectivity index (χ2n) is 7.05. The molecule has 0 radical (unpaired) electrons. The zero-order valence-corrected chi connectivity index (χ0v) is 19.7. The fourth-order valence-electron chi connectivity index (χ4n) is 2.89. The van der Waals surface area contributed by atoms with Gasteiger partial charge in [0.2, 0.25) is 0 Å². The molecule has 0 saturated carbocycles. The van der Waals surface area contributed by atoms with Crippen molar-refractivity contribution in [3.05, 3.63) is 94.0 Å². The third-order valence-electron chi connectivity index (χ3n) is 4.57. The highest BCUT2D eigenvalue weighted by Crippen LogP contribution is 2.29. The van der Waals surface area contributed by atoms with Crippen LogP contribution in [0.3, 0.4) is 0 Å². The Balaban J connectivity index is 1.92. The van der Waals surface area contributed by atoms with E-state index in [1.807, 2.05) is 37.3 Å². The Morgan fingerprint density at radius 2 is 1.56 bits per heavy atom. The molecule has 0 atom stereocenters. The van der Waals surface area contributed by atoms with Crippen LogP contribution in [0.2, 0.25) is 10.0 Å². The Bertz CT molecular complexity index is 1220. The van der Waals surface area contributed by atoms with E-state index in [0.717, 1.165) is 15.4 Å². The molecule has 0 unspecified atom stereocenters. The van der Waals surface area contributed by atoms with E-state index in [1.165, 1.54) is 30.3 Å². The molecule has 6 nitrogen and oxygen atoms in total. The standard InChI is InChI=1S/C23H21Cl2N3O3S/c1-16-8-10-22(11-9-16)32(30,31)28(21-13-19(24)12-20(25)14-21)15-23(29)27-26-17(2)18-6-4-3-5-7-18/h3-14H,15H2,1-2H3,(H,27,29)/b26-17-. The minimum atomic E-state index is -4.08. The Labute approximate surface area is 197 Å². The summed E-state index contributed by atoms with van der Waals surface area (Å²) in [7, 11) is -4.08. The number of nitrogens with zero attached hydrogens (tertiary/aromatic N) is 2. The van der Waals surface area contributed by atoms with Crippen LogP contribution < -0.4 is 9.73 Å². The molecule has 3 rings (SSSR count). The zero-order valence-electron chi connectivity index (χ0n) is 17.4. The summed E-state index contributed by atoms with van der Waals surface area (Å²) in [5.41, 5.74) is 4.91. The molecule has 0 bridgehead atoms. The fraction of sp³-hybridized carbons (Fsp3) is 0.130. The van der Waals surface area contributed by atoms with Crippen LogP contribution in [0, 0.1) is 6.92 Å². The maximum Gasteiger partial charge on any atom is 0.264 e. The smallest absolute Gasteiger partial charge is 0.264 e. The summed E-state index contributed by atoms with van der Waals surface area (Å²) in [6, 6.07) is 20.0. The SMILES string of the molecule is C/C(=N/NC(=O)CN(c1cc(Cl)cc(Cl)c1)S(=O)(=O)c1ccc(C)cc1)c1ccccc1. The zero-order chi connectivity index (χ0) is 23.3. The molecule has 0 aliphatic carbocycles. The number of aryl methyl sites for hydroxylation is 1. The summed E-state index contributed by atoms with van der Waals surface area (Å²) in [6.45, 7) is 3.08. The molecule has 0 fully saturated rings. The molecule has 3 aromatic rings. The molecule has 0 aromatic heterocycles. The number of hydrogen-bond donors (Lipinski definition) is 1. The number of nitrogens with one attached hydrogen (secondary N) is 1. The lowest BCUT2D eigenvalue weighted by Crippen LogP contribution is -2.39. The number of rotatable bonds is 7. The van der Waals surface area contributed by atoms with Gasteiger partial charge in [0.1, 0.15) is 6.54 Å². The van der Waals surface area contributed by atoms with Gasteiger partial charge in [-0.05, 0) is 49.7 Å². The summed E-state index contributed by atoms with van der Waals surface area (Å²) in [4.78, 5) is 12.7. The van der Waals surface area contributed by atoms with Crippen LogP contribution in [0.25, 0.3) is 0 Å². The van der Waals surface area contributed by atoms with Crippen LogP contribution in [-0.2, 0) is 14.8 Å². The quantitative estimate of drug-likeness (QED) is 0.373. The van der Waals surface area contributed by atoms with E-state index in [9.17, 15) is 13.2 Å². The van der Waals surface area contributed by atoms with Gasteiger partial charge in [0.05, 0.1) is 16.3 Å². The number of halogens is 2. The van der Waals surface area contributed by atoms with Gasteiger partial charge in [-0.1, -0.05) is 71.2 Å². The number of hydrazone groups is 1. The van der Waals surface area contributed by atoms with Crippen molar-refractivity contribution in [2.24, 2.45) is 5.10 Å². The lowest BCUT2D eigenvalue weighted by atomic mass is 10.1. The second kappa shape index (κ2) is 10.2. The predicted octanol–water partition coefficient (Wildman–Crippen LogP) is 5.04. The van der Waals surface area contributed by atoms with Gasteiger partial charge >= 0.3 is 0 Å². The van der Waals surface area contributed by atoms with Crippen molar-refractivity contribution >= 4 is 50.5 Å². The van der Waals surface area contributed by atoms with E-state index in [4.69, 9.17) is 23.2 Å². The molecule has 166 valence electrons. The van der Waals surface area contributed by atoms with Gasteiger partial charge in [-0.3, -0.25) is 9.10 Å². The van der Waals surface area contributed by atoms with E-state index >= 15 is 0 Å². The predicted molar refractivity (Wildman–Crippen MR) is 129 cm³/mol. The molecule has 0 aliphatic heterocycles. The monoisotopic (exact) mass is 489 g/mol. The van der Waals surface area contributed by atoms with Crippen LogP contribution >= 0.6 is 23.2 Å². The molecule has 1 N–H and O–H groups in total. The average molecular weight is 490 g/mol. The molecule has 9 heteroatoms. The number of sulfonamides is 1. The maximum atomic E-state index is 13.4. The highest BCUT2D eigenvalue weighted by Gasteiger charge is 2.27. The molecule has 32 heavy (non-hydrogen) atoms. The maximum absolute atomic E-state index is 13.4. The van der Waals surface area contributed by atoms with E-state index < -0.39 is 22.5 Å². The van der Waals surface area contributed by atoms with Crippen molar-refractivity contribution in [3.8, 4) is 0 Å². The molecule has 0 heterocycles. The van der Waals surface area contributed by atoms with Crippen LogP contribution in [0.4, 0.5) is 5.69 Å². The summed E-state index contributed by atoms with van der Waals surface area (Å²) in [6.07, 6.45) is 0. The first-order valence-electron chi connectivity index (χ1n) is 9.61. The number of carbonyl (C=O) groups excluding carboxylic acids is 1. The van der Waals surface area contributed by atoms with Crippen molar-refractivity contribution in [3.63, 3.8) is 0 Å². The minimum Gasteiger partial charge on any atom is -0.271 e. The third kappa shape index (κ3) is 5.88. The van der Waals surface area contributed by atoms with E-state index in [0.29, 0.717) is 5.71 Å². The van der Waals surface area contributed by atoms with Crippen LogP contribution in [0.15, 0.2) is 82.8 Å². The van der Waals surface area contributed by atoms with Crippen molar-refractivity contribution < 1.29 is 13.2 Å². The molecule has 1 amide bonds. The molecule has 3 aromatic carbocycles. The summed E-state index contributed by atoms with van der Waals surface area (Å²) in [5, 5.41) is 4.58. The third-order valence-corrected chi connectivity index (χ3v) is 6.80. The number of amides is 1. The number of anilines is 1. The largest absolute Gasteiger partial charge is 0.271 e. The summed E-state index contributed by atoms with van der Waals surface area (Å²) < 4.78 is 27.7. The molecule has 0 aliphatic rings. The normalized spacial score (nSPS) is 11.8. The first kappa shape index (κ1) is 23.8. The van der Waals surface area contributed by atoms with Crippen LogP contribution in [0.5, 0.6) is 0 Å².